The molecule has 0 aromatic heterocycles. The molecule has 2 aromatic rings. The summed E-state index contributed by atoms with van der Waals surface area (Å²) in [6.45, 7) is 0.563. The second-order valence-corrected chi connectivity index (χ2v) is 9.56. The molecule has 0 spiro atoms. The number of rotatable bonds is 7. The van der Waals surface area contributed by atoms with Gasteiger partial charge in [0, 0.05) is 25.0 Å². The molecular formula is C27H30N2O6. The number of carbonyl (C=O) groups is 3. The maximum absolute atomic E-state index is 12.7. The first-order valence-corrected chi connectivity index (χ1v) is 12.3. The van der Waals surface area contributed by atoms with Gasteiger partial charge in [0.25, 0.3) is 0 Å². The van der Waals surface area contributed by atoms with Gasteiger partial charge in [-0.15, -0.1) is 0 Å². The van der Waals surface area contributed by atoms with Gasteiger partial charge in [-0.05, 0) is 47.4 Å². The third-order valence-electron chi connectivity index (χ3n) is 7.44. The number of fused-ring (bicyclic) bond motifs is 3. The molecule has 1 saturated carbocycles. The first-order chi connectivity index (χ1) is 17.0. The van der Waals surface area contributed by atoms with Crippen LogP contribution in [0.3, 0.4) is 0 Å². The summed E-state index contributed by atoms with van der Waals surface area (Å²) in [6, 6.07) is 15.7. The number of hydrogen-bond acceptors (Lipinski definition) is 5. The number of benzene rings is 2. The molecule has 8 nitrogen and oxygen atoms in total. The van der Waals surface area contributed by atoms with E-state index < -0.39 is 24.2 Å². The smallest absolute Gasteiger partial charge is 0.407 e. The molecule has 2 amide bonds. The van der Waals surface area contributed by atoms with Gasteiger partial charge in [0.1, 0.15) is 6.61 Å². The molecule has 1 saturated heterocycles. The van der Waals surface area contributed by atoms with Gasteiger partial charge in [0.05, 0.1) is 6.04 Å². The van der Waals surface area contributed by atoms with Gasteiger partial charge in [0.15, 0.2) is 6.10 Å². The first kappa shape index (κ1) is 23.4. The summed E-state index contributed by atoms with van der Waals surface area (Å²) < 4.78 is 10.9. The highest BCUT2D eigenvalue weighted by molar-refractivity contribution is 5.80. The zero-order valence-electron chi connectivity index (χ0n) is 19.4. The highest BCUT2D eigenvalue weighted by Gasteiger charge is 2.37. The van der Waals surface area contributed by atoms with Crippen LogP contribution in [0.25, 0.3) is 11.1 Å². The minimum Gasteiger partial charge on any atom is -0.479 e. The van der Waals surface area contributed by atoms with Gasteiger partial charge in [0.2, 0.25) is 5.91 Å². The van der Waals surface area contributed by atoms with Crippen LogP contribution >= 0.6 is 0 Å². The zero-order valence-corrected chi connectivity index (χ0v) is 19.4. The van der Waals surface area contributed by atoms with Gasteiger partial charge in [-0.3, -0.25) is 4.79 Å². The quantitative estimate of drug-likeness (QED) is 0.562. The van der Waals surface area contributed by atoms with Gasteiger partial charge < -0.3 is 25.2 Å². The van der Waals surface area contributed by atoms with Crippen molar-refractivity contribution < 1.29 is 29.0 Å². The Hall–Kier alpha value is -3.39. The minimum absolute atomic E-state index is 0.00545. The average molecular weight is 479 g/mol. The Morgan fingerprint density at radius 2 is 1.60 bits per heavy atom. The maximum Gasteiger partial charge on any atom is 0.407 e. The number of ether oxygens (including phenoxy) is 2. The third-order valence-corrected chi connectivity index (χ3v) is 7.44. The van der Waals surface area contributed by atoms with Gasteiger partial charge in [-0.1, -0.05) is 55.0 Å². The molecule has 8 heteroatoms. The van der Waals surface area contributed by atoms with E-state index in [2.05, 4.69) is 34.9 Å². The highest BCUT2D eigenvalue weighted by Crippen LogP contribution is 2.44. The molecular weight excluding hydrogens is 448 g/mol. The fraction of sp³-hybridized carbons (Fsp3) is 0.444. The van der Waals surface area contributed by atoms with E-state index in [-0.39, 0.29) is 36.8 Å². The number of aliphatic carboxylic acids is 1. The molecule has 2 aliphatic carbocycles. The van der Waals surface area contributed by atoms with Crippen LogP contribution in [0.15, 0.2) is 48.5 Å². The van der Waals surface area contributed by atoms with E-state index >= 15 is 0 Å². The molecule has 4 atom stereocenters. The van der Waals surface area contributed by atoms with E-state index in [4.69, 9.17) is 9.47 Å². The van der Waals surface area contributed by atoms with Crippen molar-refractivity contribution in [1.82, 2.24) is 10.6 Å². The van der Waals surface area contributed by atoms with Crippen molar-refractivity contribution >= 4 is 18.0 Å². The van der Waals surface area contributed by atoms with Gasteiger partial charge in [-0.2, -0.15) is 0 Å². The molecule has 0 radical (unpaired) electrons. The fourth-order valence-electron chi connectivity index (χ4n) is 5.75. The van der Waals surface area contributed by atoms with Crippen molar-refractivity contribution in [2.24, 2.45) is 5.92 Å². The fourth-order valence-corrected chi connectivity index (χ4v) is 5.75. The van der Waals surface area contributed by atoms with Crippen LogP contribution in [0.2, 0.25) is 0 Å². The Balaban J connectivity index is 1.15. The molecule has 2 fully saturated rings. The molecule has 5 rings (SSSR count). The Labute approximate surface area is 204 Å². The summed E-state index contributed by atoms with van der Waals surface area (Å²) in [7, 11) is 0. The molecule has 3 N–H and O–H groups in total. The lowest BCUT2D eigenvalue weighted by molar-refractivity contribution is -0.148. The molecule has 3 aliphatic rings. The van der Waals surface area contributed by atoms with Crippen molar-refractivity contribution in [3.05, 3.63) is 59.7 Å². The molecule has 184 valence electrons. The normalized spacial score (nSPS) is 25.0. The Bertz CT molecular complexity index is 1070. The van der Waals surface area contributed by atoms with Crippen LogP contribution in [0.5, 0.6) is 0 Å². The van der Waals surface area contributed by atoms with E-state index in [0.29, 0.717) is 13.0 Å². The maximum atomic E-state index is 12.7. The Morgan fingerprint density at radius 3 is 2.29 bits per heavy atom. The number of carboxylic acids is 1. The van der Waals surface area contributed by atoms with Crippen molar-refractivity contribution in [1.29, 1.82) is 0 Å². The second kappa shape index (κ2) is 10.1. The van der Waals surface area contributed by atoms with Crippen LogP contribution in [0, 0.1) is 5.92 Å². The van der Waals surface area contributed by atoms with Crippen molar-refractivity contribution in [2.45, 2.75) is 56.2 Å². The molecule has 1 aliphatic heterocycles. The number of carboxylic acid groups (broad SMARTS) is 1. The lowest BCUT2D eigenvalue weighted by atomic mass is 9.98. The monoisotopic (exact) mass is 478 g/mol. The predicted octanol–water partition coefficient (Wildman–Crippen LogP) is 3.44. The van der Waals surface area contributed by atoms with E-state index in [0.717, 1.165) is 30.4 Å². The van der Waals surface area contributed by atoms with Crippen LogP contribution < -0.4 is 10.6 Å². The average Bonchev–Trinajstić information content (AvgIpc) is 3.56. The molecule has 2 aromatic carbocycles. The zero-order chi connectivity index (χ0) is 24.4. The van der Waals surface area contributed by atoms with E-state index in [1.54, 1.807) is 0 Å². The van der Waals surface area contributed by atoms with Crippen LogP contribution in [-0.2, 0) is 19.1 Å². The topological polar surface area (TPSA) is 114 Å². The van der Waals surface area contributed by atoms with Crippen molar-refractivity contribution in [3.8, 4) is 11.1 Å². The summed E-state index contributed by atoms with van der Waals surface area (Å²) in [5.41, 5.74) is 4.67. The predicted molar refractivity (Wildman–Crippen MR) is 128 cm³/mol. The summed E-state index contributed by atoms with van der Waals surface area (Å²) >= 11 is 0. The SMILES string of the molecule is O=C(C[C@@H]1CCC[C@H]1NC(=O)OCC1c2ccccc2-c2ccccc21)NC1CCOC1C(=O)O. The standard InChI is InChI=1S/C27H30N2O6/c30-24(28-23-12-13-34-25(23)26(31)32)14-16-6-5-11-22(16)29-27(33)35-15-21-19-9-3-1-7-17(19)18-8-2-4-10-20(18)21/h1-4,7-10,16,21-23,25H,5-6,11-15H2,(H,28,30)(H,29,33)(H,31,32)/t16-,22+,23?,25?/m0/s1. The molecule has 2 unspecified atom stereocenters. The van der Waals surface area contributed by atoms with Crippen LogP contribution in [0.4, 0.5) is 4.79 Å². The second-order valence-electron chi connectivity index (χ2n) is 9.56. The van der Waals surface area contributed by atoms with E-state index in [1.807, 2.05) is 24.3 Å². The Kier molecular flexibility index (Phi) is 6.72. The van der Waals surface area contributed by atoms with Crippen molar-refractivity contribution in [2.75, 3.05) is 13.2 Å². The molecule has 1 heterocycles. The lowest BCUT2D eigenvalue weighted by Crippen LogP contribution is -2.45. The first-order valence-electron chi connectivity index (χ1n) is 12.3. The third kappa shape index (κ3) is 4.89. The number of hydrogen-bond donors (Lipinski definition) is 3. The Morgan fingerprint density at radius 1 is 0.914 bits per heavy atom. The number of nitrogens with one attached hydrogen (secondary N) is 2. The van der Waals surface area contributed by atoms with Crippen LogP contribution in [-0.4, -0.2) is 54.5 Å². The van der Waals surface area contributed by atoms with Gasteiger partial charge >= 0.3 is 12.1 Å². The molecule has 35 heavy (non-hydrogen) atoms. The number of alkyl carbamates (subject to hydrolysis) is 1. The van der Waals surface area contributed by atoms with E-state index in [9.17, 15) is 19.5 Å². The minimum atomic E-state index is -1.07. The summed E-state index contributed by atoms with van der Waals surface area (Å²) in [5.74, 6) is -1.29. The number of carbonyl (C=O) groups excluding carboxylic acids is 2. The van der Waals surface area contributed by atoms with E-state index in [1.165, 1.54) is 11.1 Å². The largest absolute Gasteiger partial charge is 0.479 e. The van der Waals surface area contributed by atoms with Crippen molar-refractivity contribution in [3.63, 3.8) is 0 Å². The summed E-state index contributed by atoms with van der Waals surface area (Å²) in [4.78, 5) is 36.5. The molecule has 0 bridgehead atoms. The summed E-state index contributed by atoms with van der Waals surface area (Å²) in [6.07, 6.45) is 1.76. The summed E-state index contributed by atoms with van der Waals surface area (Å²) in [5, 5.41) is 15.0. The number of amides is 2. The highest BCUT2D eigenvalue weighted by atomic mass is 16.5. The van der Waals surface area contributed by atoms with Crippen LogP contribution in [0.1, 0.15) is 49.1 Å². The lowest BCUT2D eigenvalue weighted by Gasteiger charge is -2.23. The van der Waals surface area contributed by atoms with Gasteiger partial charge in [-0.25, -0.2) is 9.59 Å².